The van der Waals surface area contributed by atoms with Crippen LogP contribution in [0, 0.1) is 0 Å². The highest BCUT2D eigenvalue weighted by Crippen LogP contribution is 2.24. The summed E-state index contributed by atoms with van der Waals surface area (Å²) in [6.07, 6.45) is 0.839. The van der Waals surface area contributed by atoms with Gasteiger partial charge >= 0.3 is 0 Å². The molecule has 0 heterocycles. The van der Waals surface area contributed by atoms with E-state index < -0.39 is 0 Å². The number of carbonyl (C=O) groups is 1. The van der Waals surface area contributed by atoms with Crippen LogP contribution in [0.25, 0.3) is 0 Å². The first-order valence-corrected chi connectivity index (χ1v) is 4.94. The molecule has 1 rings (SSSR count). The Balaban J connectivity index is 3.35. The van der Waals surface area contributed by atoms with Crippen LogP contribution in [-0.4, -0.2) is 5.78 Å². The summed E-state index contributed by atoms with van der Waals surface area (Å²) in [6, 6.07) is 3.71. The van der Waals surface area contributed by atoms with E-state index in [1.54, 1.807) is 6.07 Å². The van der Waals surface area contributed by atoms with Crippen molar-refractivity contribution < 1.29 is 4.79 Å². The number of benzene rings is 1. The number of nitrogens with two attached hydrogens (primary N) is 1. The van der Waals surface area contributed by atoms with Crippen LogP contribution in [-0.2, 0) is 6.42 Å². The van der Waals surface area contributed by atoms with Gasteiger partial charge in [0.25, 0.3) is 0 Å². The van der Waals surface area contributed by atoms with Crippen LogP contribution in [0.4, 0.5) is 5.69 Å². The van der Waals surface area contributed by atoms with E-state index in [1.165, 1.54) is 6.92 Å². The summed E-state index contributed by atoms with van der Waals surface area (Å²) in [5, 5.41) is 0. The van der Waals surface area contributed by atoms with Gasteiger partial charge in [0.2, 0.25) is 0 Å². The van der Waals surface area contributed by atoms with Crippen molar-refractivity contribution in [3.63, 3.8) is 0 Å². The van der Waals surface area contributed by atoms with Crippen molar-refractivity contribution >= 4 is 27.4 Å². The zero-order valence-electron chi connectivity index (χ0n) is 7.73. The minimum atomic E-state index is 0.00787. The van der Waals surface area contributed by atoms with Crippen molar-refractivity contribution in [3.8, 4) is 0 Å². The monoisotopic (exact) mass is 241 g/mol. The van der Waals surface area contributed by atoms with Crippen molar-refractivity contribution in [1.82, 2.24) is 0 Å². The van der Waals surface area contributed by atoms with Gasteiger partial charge in [-0.15, -0.1) is 0 Å². The largest absolute Gasteiger partial charge is 0.398 e. The Morgan fingerprint density at radius 1 is 1.54 bits per heavy atom. The number of aryl methyl sites for hydroxylation is 1. The number of carbonyl (C=O) groups excluding carboxylic acids is 1. The third-order valence-electron chi connectivity index (χ3n) is 1.99. The molecule has 0 aliphatic rings. The predicted octanol–water partition coefficient (Wildman–Crippen LogP) is 2.80. The third kappa shape index (κ3) is 2.10. The zero-order chi connectivity index (χ0) is 10.0. The number of ketones is 1. The highest BCUT2D eigenvalue weighted by atomic mass is 79.9. The van der Waals surface area contributed by atoms with Crippen molar-refractivity contribution in [2.75, 3.05) is 5.73 Å². The number of hydrogen-bond acceptors (Lipinski definition) is 2. The molecule has 0 unspecified atom stereocenters. The molecule has 70 valence electrons. The first-order chi connectivity index (χ1) is 6.06. The lowest BCUT2D eigenvalue weighted by atomic mass is 10.0. The number of halogens is 1. The van der Waals surface area contributed by atoms with E-state index in [4.69, 9.17) is 5.73 Å². The van der Waals surface area contributed by atoms with Gasteiger partial charge in [-0.25, -0.2) is 0 Å². The SMILES string of the molecule is CCc1cc(Br)cc(C(C)=O)c1N. The van der Waals surface area contributed by atoms with E-state index >= 15 is 0 Å². The van der Waals surface area contributed by atoms with Gasteiger partial charge in [-0.2, -0.15) is 0 Å². The van der Waals surface area contributed by atoms with Crippen molar-refractivity contribution in [3.05, 3.63) is 27.7 Å². The number of Topliss-reactive ketones (excluding diaryl/α,β-unsaturated/α-hetero) is 1. The van der Waals surface area contributed by atoms with E-state index in [1.807, 2.05) is 13.0 Å². The molecule has 2 nitrogen and oxygen atoms in total. The molecule has 0 amide bonds. The molecule has 0 fully saturated rings. The Kier molecular flexibility index (Phi) is 3.09. The summed E-state index contributed by atoms with van der Waals surface area (Å²) in [7, 11) is 0. The van der Waals surface area contributed by atoms with E-state index in [-0.39, 0.29) is 5.78 Å². The molecule has 0 aromatic heterocycles. The average Bonchev–Trinajstić information content (AvgIpc) is 2.08. The second-order valence-electron chi connectivity index (χ2n) is 2.94. The molecular weight excluding hydrogens is 230 g/mol. The predicted molar refractivity (Wildman–Crippen MR) is 57.9 cm³/mol. The third-order valence-corrected chi connectivity index (χ3v) is 2.45. The molecule has 0 spiro atoms. The van der Waals surface area contributed by atoms with Gasteiger partial charge in [0.05, 0.1) is 0 Å². The lowest BCUT2D eigenvalue weighted by Crippen LogP contribution is -2.03. The van der Waals surface area contributed by atoms with Crippen LogP contribution in [0.15, 0.2) is 16.6 Å². The van der Waals surface area contributed by atoms with Crippen LogP contribution in [0.1, 0.15) is 29.8 Å². The van der Waals surface area contributed by atoms with Crippen molar-refractivity contribution in [1.29, 1.82) is 0 Å². The van der Waals surface area contributed by atoms with Crippen LogP contribution < -0.4 is 5.73 Å². The second kappa shape index (κ2) is 3.92. The van der Waals surface area contributed by atoms with Crippen molar-refractivity contribution in [2.24, 2.45) is 0 Å². The molecule has 2 N–H and O–H groups in total. The summed E-state index contributed by atoms with van der Waals surface area (Å²) in [6.45, 7) is 3.54. The Labute approximate surface area is 86.3 Å². The molecule has 1 aromatic rings. The van der Waals surface area contributed by atoms with E-state index in [0.717, 1.165) is 16.5 Å². The first kappa shape index (κ1) is 10.3. The maximum Gasteiger partial charge on any atom is 0.161 e. The Morgan fingerprint density at radius 2 is 2.15 bits per heavy atom. The van der Waals surface area contributed by atoms with Crippen LogP contribution >= 0.6 is 15.9 Å². The van der Waals surface area contributed by atoms with E-state index in [0.29, 0.717) is 11.3 Å². The van der Waals surface area contributed by atoms with Crippen LogP contribution in [0.3, 0.4) is 0 Å². The maximum atomic E-state index is 11.2. The average molecular weight is 242 g/mol. The molecular formula is C10H12BrNO. The van der Waals surface area contributed by atoms with E-state index in [2.05, 4.69) is 15.9 Å². The number of rotatable bonds is 2. The highest BCUT2D eigenvalue weighted by Gasteiger charge is 2.09. The second-order valence-corrected chi connectivity index (χ2v) is 3.85. The molecule has 0 saturated heterocycles. The fraction of sp³-hybridized carbons (Fsp3) is 0.300. The van der Waals surface area contributed by atoms with Gasteiger partial charge in [0.1, 0.15) is 0 Å². The standard InChI is InChI=1S/C10H12BrNO/c1-3-7-4-8(11)5-9(6(2)13)10(7)12/h4-5H,3,12H2,1-2H3. The van der Waals surface area contributed by atoms with Gasteiger partial charge < -0.3 is 5.73 Å². The fourth-order valence-corrected chi connectivity index (χ4v) is 1.76. The first-order valence-electron chi connectivity index (χ1n) is 4.15. The van der Waals surface area contributed by atoms with Gasteiger partial charge in [-0.1, -0.05) is 22.9 Å². The van der Waals surface area contributed by atoms with Gasteiger partial charge in [0, 0.05) is 15.7 Å². The molecule has 0 radical (unpaired) electrons. The van der Waals surface area contributed by atoms with Crippen LogP contribution in [0.5, 0.6) is 0 Å². The van der Waals surface area contributed by atoms with Gasteiger partial charge in [0.15, 0.2) is 5.78 Å². The summed E-state index contributed by atoms with van der Waals surface area (Å²) in [5.41, 5.74) is 8.05. The quantitative estimate of drug-likeness (QED) is 0.640. The molecule has 3 heteroatoms. The smallest absolute Gasteiger partial charge is 0.161 e. The number of nitrogen functional groups attached to an aromatic ring is 1. The van der Waals surface area contributed by atoms with E-state index in [9.17, 15) is 4.79 Å². The minimum Gasteiger partial charge on any atom is -0.398 e. The molecule has 13 heavy (non-hydrogen) atoms. The number of anilines is 1. The lowest BCUT2D eigenvalue weighted by molar-refractivity contribution is 0.101. The summed E-state index contributed by atoms with van der Waals surface area (Å²) in [4.78, 5) is 11.2. The highest BCUT2D eigenvalue weighted by molar-refractivity contribution is 9.10. The Morgan fingerprint density at radius 3 is 2.62 bits per heavy atom. The normalized spacial score (nSPS) is 10.1. The summed E-state index contributed by atoms with van der Waals surface area (Å²) >= 11 is 3.35. The topological polar surface area (TPSA) is 43.1 Å². The Bertz CT molecular complexity index is 347. The summed E-state index contributed by atoms with van der Waals surface area (Å²) in [5.74, 6) is 0.00787. The molecule has 0 aliphatic carbocycles. The molecule has 1 aromatic carbocycles. The van der Waals surface area contributed by atoms with Gasteiger partial charge in [-0.05, 0) is 31.0 Å². The van der Waals surface area contributed by atoms with Gasteiger partial charge in [-0.3, -0.25) is 4.79 Å². The molecule has 0 atom stereocenters. The molecule has 0 saturated carbocycles. The minimum absolute atomic E-state index is 0.00787. The molecule has 0 aliphatic heterocycles. The van der Waals surface area contributed by atoms with Crippen molar-refractivity contribution in [2.45, 2.75) is 20.3 Å². The lowest BCUT2D eigenvalue weighted by Gasteiger charge is -2.08. The molecule has 0 bridgehead atoms. The van der Waals surface area contributed by atoms with Crippen LogP contribution in [0.2, 0.25) is 0 Å². The Hall–Kier alpha value is -0.830. The summed E-state index contributed by atoms with van der Waals surface area (Å²) < 4.78 is 0.906. The fourth-order valence-electron chi connectivity index (χ4n) is 1.26. The maximum absolute atomic E-state index is 11.2. The zero-order valence-corrected chi connectivity index (χ0v) is 9.31. The number of hydrogen-bond donors (Lipinski definition) is 1.